The lowest BCUT2D eigenvalue weighted by Gasteiger charge is -2.10. The van der Waals surface area contributed by atoms with Crippen molar-refractivity contribution in [2.75, 3.05) is 7.11 Å². The van der Waals surface area contributed by atoms with Gasteiger partial charge < -0.3 is 14.9 Å². The normalized spacial score (nSPS) is 11.7. The third-order valence-electron chi connectivity index (χ3n) is 3.31. The first kappa shape index (κ1) is 16.4. The van der Waals surface area contributed by atoms with Crippen LogP contribution in [0.15, 0.2) is 48.5 Å². The van der Waals surface area contributed by atoms with E-state index >= 15 is 0 Å². The number of phenols is 1. The lowest BCUT2D eigenvalue weighted by Crippen LogP contribution is -2.02. The largest absolute Gasteiger partial charge is 0.508 e. The van der Waals surface area contributed by atoms with Crippen molar-refractivity contribution in [2.24, 2.45) is 0 Å². The van der Waals surface area contributed by atoms with Gasteiger partial charge in [0.25, 0.3) is 0 Å². The number of ether oxygens (including phenoxy) is 1. The minimum atomic E-state index is -1.05. The topological polar surface area (TPSA) is 66.8 Å². The lowest BCUT2D eigenvalue weighted by molar-refractivity contribution is -0.130. The lowest BCUT2D eigenvalue weighted by atomic mass is 10.00. The minimum absolute atomic E-state index is 0.125. The van der Waals surface area contributed by atoms with Gasteiger partial charge in [-0.3, -0.25) is 0 Å². The zero-order chi connectivity index (χ0) is 16.8. The molecule has 0 radical (unpaired) electrons. The van der Waals surface area contributed by atoms with Crippen LogP contribution in [-0.2, 0) is 4.79 Å². The van der Waals surface area contributed by atoms with Crippen LogP contribution in [-0.4, -0.2) is 23.3 Å². The standard InChI is InChI=1S/C19H18O4/c1-3-4-13-7-10-16(18(12-13)23-2)17(19(21)22)11-14-5-8-15(20)9-6-14/h3-12,20H,1-2H3,(H,21,22). The highest BCUT2D eigenvalue weighted by atomic mass is 16.5. The predicted molar refractivity (Wildman–Crippen MR) is 91.3 cm³/mol. The van der Waals surface area contributed by atoms with Gasteiger partial charge in [0.2, 0.25) is 0 Å². The quantitative estimate of drug-likeness (QED) is 0.645. The molecule has 23 heavy (non-hydrogen) atoms. The van der Waals surface area contributed by atoms with E-state index in [9.17, 15) is 15.0 Å². The molecule has 0 aromatic heterocycles. The van der Waals surface area contributed by atoms with E-state index in [1.165, 1.54) is 19.2 Å². The second-order valence-electron chi connectivity index (χ2n) is 4.91. The van der Waals surface area contributed by atoms with Crippen LogP contribution in [0.4, 0.5) is 0 Å². The molecular weight excluding hydrogens is 292 g/mol. The Hall–Kier alpha value is -3.01. The molecule has 0 fully saturated rings. The molecule has 4 heteroatoms. The van der Waals surface area contributed by atoms with E-state index in [1.54, 1.807) is 30.3 Å². The fraction of sp³-hybridized carbons (Fsp3) is 0.105. The maximum Gasteiger partial charge on any atom is 0.336 e. The third kappa shape index (κ3) is 4.01. The Bertz CT molecular complexity index is 755. The summed E-state index contributed by atoms with van der Waals surface area (Å²) in [6.45, 7) is 1.91. The smallest absolute Gasteiger partial charge is 0.336 e. The van der Waals surface area contributed by atoms with Gasteiger partial charge in [-0.2, -0.15) is 0 Å². The van der Waals surface area contributed by atoms with Crippen LogP contribution in [0.5, 0.6) is 11.5 Å². The average molecular weight is 310 g/mol. The number of aliphatic carboxylic acids is 1. The molecule has 0 atom stereocenters. The van der Waals surface area contributed by atoms with Crippen LogP contribution < -0.4 is 4.74 Å². The summed E-state index contributed by atoms with van der Waals surface area (Å²) in [6, 6.07) is 11.7. The van der Waals surface area contributed by atoms with Gasteiger partial charge in [-0.25, -0.2) is 4.79 Å². The zero-order valence-electron chi connectivity index (χ0n) is 13.0. The van der Waals surface area contributed by atoms with E-state index in [2.05, 4.69) is 0 Å². The van der Waals surface area contributed by atoms with Gasteiger partial charge >= 0.3 is 5.97 Å². The van der Waals surface area contributed by atoms with Crippen molar-refractivity contribution in [3.8, 4) is 11.5 Å². The highest BCUT2D eigenvalue weighted by Gasteiger charge is 2.15. The summed E-state index contributed by atoms with van der Waals surface area (Å²) >= 11 is 0. The number of phenolic OH excluding ortho intramolecular Hbond substituents is 1. The van der Waals surface area contributed by atoms with Crippen molar-refractivity contribution in [1.29, 1.82) is 0 Å². The molecule has 118 valence electrons. The summed E-state index contributed by atoms with van der Waals surface area (Å²) in [5, 5.41) is 18.9. The Morgan fingerprint density at radius 1 is 1.09 bits per heavy atom. The van der Waals surface area contributed by atoms with Gasteiger partial charge in [0.1, 0.15) is 11.5 Å². The van der Waals surface area contributed by atoms with E-state index in [-0.39, 0.29) is 11.3 Å². The Labute approximate surface area is 135 Å². The second kappa shape index (κ2) is 7.31. The number of allylic oxidation sites excluding steroid dienone is 1. The number of aromatic hydroxyl groups is 1. The molecule has 0 amide bonds. The number of hydrogen-bond donors (Lipinski definition) is 2. The molecule has 0 bridgehead atoms. The molecule has 2 N–H and O–H groups in total. The third-order valence-corrected chi connectivity index (χ3v) is 3.31. The van der Waals surface area contributed by atoms with Gasteiger partial charge in [0.05, 0.1) is 12.7 Å². The van der Waals surface area contributed by atoms with Crippen molar-refractivity contribution < 1.29 is 19.7 Å². The van der Waals surface area contributed by atoms with Crippen molar-refractivity contribution >= 4 is 23.7 Å². The maximum atomic E-state index is 11.7. The highest BCUT2D eigenvalue weighted by molar-refractivity contribution is 6.21. The van der Waals surface area contributed by atoms with E-state index in [0.717, 1.165) is 5.56 Å². The van der Waals surface area contributed by atoms with Gasteiger partial charge in [0, 0.05) is 5.56 Å². The maximum absolute atomic E-state index is 11.7. The summed E-state index contributed by atoms with van der Waals surface area (Å²) in [5.41, 5.74) is 2.24. The molecule has 2 rings (SSSR count). The molecule has 0 saturated carbocycles. The average Bonchev–Trinajstić information content (AvgIpc) is 2.54. The number of carbonyl (C=O) groups is 1. The number of benzene rings is 2. The van der Waals surface area contributed by atoms with Gasteiger partial charge in [-0.05, 0) is 48.4 Å². The van der Waals surface area contributed by atoms with Crippen molar-refractivity contribution in [2.45, 2.75) is 6.92 Å². The zero-order valence-corrected chi connectivity index (χ0v) is 13.0. The minimum Gasteiger partial charge on any atom is -0.508 e. The summed E-state index contributed by atoms with van der Waals surface area (Å²) < 4.78 is 5.34. The molecule has 2 aromatic rings. The van der Waals surface area contributed by atoms with E-state index in [4.69, 9.17) is 4.74 Å². The first-order valence-electron chi connectivity index (χ1n) is 7.10. The highest BCUT2D eigenvalue weighted by Crippen LogP contribution is 2.30. The van der Waals surface area contributed by atoms with Crippen molar-refractivity contribution in [3.05, 3.63) is 65.2 Å². The molecule has 4 nitrogen and oxygen atoms in total. The molecule has 2 aromatic carbocycles. The summed E-state index contributed by atoms with van der Waals surface area (Å²) in [4.78, 5) is 11.7. The Kier molecular flexibility index (Phi) is 5.20. The summed E-state index contributed by atoms with van der Waals surface area (Å²) in [6.07, 6.45) is 5.37. The number of rotatable bonds is 5. The van der Waals surface area contributed by atoms with Crippen LogP contribution in [0.3, 0.4) is 0 Å². The molecule has 0 unspecified atom stereocenters. The number of hydrogen-bond acceptors (Lipinski definition) is 3. The summed E-state index contributed by atoms with van der Waals surface area (Å²) in [7, 11) is 1.51. The number of carboxylic acids is 1. The molecule has 0 aliphatic rings. The van der Waals surface area contributed by atoms with Crippen LogP contribution >= 0.6 is 0 Å². The molecule has 0 saturated heterocycles. The Balaban J connectivity index is 2.53. The van der Waals surface area contributed by atoms with E-state index < -0.39 is 5.97 Å². The fourth-order valence-electron chi connectivity index (χ4n) is 2.22. The molecule has 0 aliphatic carbocycles. The Morgan fingerprint density at radius 3 is 2.30 bits per heavy atom. The molecular formula is C19H18O4. The van der Waals surface area contributed by atoms with Gasteiger partial charge in [-0.1, -0.05) is 30.4 Å². The monoisotopic (exact) mass is 310 g/mol. The van der Waals surface area contributed by atoms with Crippen LogP contribution in [0.1, 0.15) is 23.6 Å². The first-order valence-corrected chi connectivity index (χ1v) is 7.10. The summed E-state index contributed by atoms with van der Waals surface area (Å²) in [5.74, 6) is -0.421. The molecule has 0 spiro atoms. The van der Waals surface area contributed by atoms with Crippen LogP contribution in [0.25, 0.3) is 17.7 Å². The van der Waals surface area contributed by atoms with Gasteiger partial charge in [0.15, 0.2) is 0 Å². The second-order valence-corrected chi connectivity index (χ2v) is 4.91. The Morgan fingerprint density at radius 2 is 1.74 bits per heavy atom. The van der Waals surface area contributed by atoms with Crippen molar-refractivity contribution in [3.63, 3.8) is 0 Å². The first-order chi connectivity index (χ1) is 11.0. The van der Waals surface area contributed by atoms with Crippen molar-refractivity contribution in [1.82, 2.24) is 0 Å². The number of methoxy groups -OCH3 is 1. The van der Waals surface area contributed by atoms with Crippen LogP contribution in [0, 0.1) is 0 Å². The number of carboxylic acid groups (broad SMARTS) is 1. The SMILES string of the molecule is CC=Cc1ccc(C(=Cc2ccc(O)cc2)C(=O)O)c(OC)c1. The van der Waals surface area contributed by atoms with E-state index in [0.29, 0.717) is 16.9 Å². The predicted octanol–water partition coefficient (Wildman–Crippen LogP) is 4.06. The molecule has 0 aliphatic heterocycles. The van der Waals surface area contributed by atoms with Gasteiger partial charge in [-0.15, -0.1) is 0 Å². The van der Waals surface area contributed by atoms with Crippen LogP contribution in [0.2, 0.25) is 0 Å². The molecule has 0 heterocycles. The van der Waals surface area contributed by atoms with E-state index in [1.807, 2.05) is 25.1 Å². The fourth-order valence-corrected chi connectivity index (χ4v) is 2.22.